The quantitative estimate of drug-likeness (QED) is 0.830. The molecule has 0 saturated heterocycles. The third-order valence-corrected chi connectivity index (χ3v) is 3.52. The van der Waals surface area contributed by atoms with Crippen LogP contribution in [-0.4, -0.2) is 12.0 Å². The minimum absolute atomic E-state index is 0.901. The number of rotatable bonds is 4. The topological polar surface area (TPSA) is 24.9 Å². The number of pyridine rings is 1. The summed E-state index contributed by atoms with van der Waals surface area (Å²) in [5, 5.41) is 3.05. The van der Waals surface area contributed by atoms with Crippen LogP contribution in [0.4, 0.5) is 5.82 Å². The SMILES string of the molecule is CNc1cccc(CSc2ccc(C)cc2)n1. The number of aromatic nitrogens is 1. The fraction of sp³-hybridized carbons (Fsp3) is 0.214. The van der Waals surface area contributed by atoms with Gasteiger partial charge in [0.2, 0.25) is 0 Å². The Kier molecular flexibility index (Phi) is 4.04. The maximum atomic E-state index is 4.49. The van der Waals surface area contributed by atoms with Crippen molar-refractivity contribution in [3.8, 4) is 0 Å². The second kappa shape index (κ2) is 5.73. The van der Waals surface area contributed by atoms with Crippen molar-refractivity contribution in [2.24, 2.45) is 0 Å². The zero-order valence-corrected chi connectivity index (χ0v) is 10.9. The lowest BCUT2D eigenvalue weighted by atomic mass is 10.2. The summed E-state index contributed by atoms with van der Waals surface area (Å²) in [6, 6.07) is 14.6. The lowest BCUT2D eigenvalue weighted by Crippen LogP contribution is -1.94. The zero-order valence-electron chi connectivity index (χ0n) is 10.1. The van der Waals surface area contributed by atoms with Crippen LogP contribution < -0.4 is 5.32 Å². The fourth-order valence-electron chi connectivity index (χ4n) is 1.49. The van der Waals surface area contributed by atoms with Gasteiger partial charge in [-0.05, 0) is 31.2 Å². The molecule has 1 heterocycles. The van der Waals surface area contributed by atoms with E-state index in [0.29, 0.717) is 0 Å². The molecule has 3 heteroatoms. The summed E-state index contributed by atoms with van der Waals surface area (Å²) in [6.07, 6.45) is 0. The second-order valence-corrected chi connectivity index (χ2v) is 4.91. The normalized spacial score (nSPS) is 10.2. The third-order valence-electron chi connectivity index (χ3n) is 2.47. The molecule has 1 N–H and O–H groups in total. The lowest BCUT2D eigenvalue weighted by Gasteiger charge is -2.04. The van der Waals surface area contributed by atoms with Crippen molar-refractivity contribution >= 4 is 17.6 Å². The molecule has 0 spiro atoms. The number of aryl methyl sites for hydroxylation is 1. The molecule has 1 aromatic heterocycles. The molecule has 2 rings (SSSR count). The van der Waals surface area contributed by atoms with Crippen LogP contribution >= 0.6 is 11.8 Å². The van der Waals surface area contributed by atoms with E-state index in [4.69, 9.17) is 0 Å². The first-order chi connectivity index (χ1) is 8.28. The predicted octanol–water partition coefficient (Wildman–Crippen LogP) is 3.72. The Hall–Kier alpha value is -1.48. The van der Waals surface area contributed by atoms with E-state index >= 15 is 0 Å². The van der Waals surface area contributed by atoms with Gasteiger partial charge in [0.15, 0.2) is 0 Å². The van der Waals surface area contributed by atoms with Crippen molar-refractivity contribution < 1.29 is 0 Å². The van der Waals surface area contributed by atoms with Crippen LogP contribution in [0.1, 0.15) is 11.3 Å². The molecule has 17 heavy (non-hydrogen) atoms. The van der Waals surface area contributed by atoms with Crippen LogP contribution in [0.15, 0.2) is 47.4 Å². The highest BCUT2D eigenvalue weighted by Gasteiger charge is 1.98. The van der Waals surface area contributed by atoms with E-state index in [-0.39, 0.29) is 0 Å². The van der Waals surface area contributed by atoms with Crippen LogP contribution in [0.3, 0.4) is 0 Å². The molecule has 2 nitrogen and oxygen atoms in total. The summed E-state index contributed by atoms with van der Waals surface area (Å²) in [5.74, 6) is 1.82. The van der Waals surface area contributed by atoms with Crippen LogP contribution in [0.2, 0.25) is 0 Å². The predicted molar refractivity (Wildman–Crippen MR) is 74.5 cm³/mol. The van der Waals surface area contributed by atoms with Gasteiger partial charge >= 0.3 is 0 Å². The van der Waals surface area contributed by atoms with Crippen molar-refractivity contribution in [2.45, 2.75) is 17.6 Å². The summed E-state index contributed by atoms with van der Waals surface area (Å²) in [5.41, 5.74) is 2.40. The molecular formula is C14H16N2S. The highest BCUT2D eigenvalue weighted by Crippen LogP contribution is 2.22. The van der Waals surface area contributed by atoms with Gasteiger partial charge in [-0.2, -0.15) is 0 Å². The molecule has 0 aliphatic rings. The van der Waals surface area contributed by atoms with Gasteiger partial charge in [-0.25, -0.2) is 4.98 Å². The number of nitrogens with one attached hydrogen (secondary N) is 1. The lowest BCUT2D eigenvalue weighted by molar-refractivity contribution is 1.16. The Bertz CT molecular complexity index is 480. The summed E-state index contributed by atoms with van der Waals surface area (Å²) >= 11 is 1.81. The first-order valence-corrected chi connectivity index (χ1v) is 6.59. The van der Waals surface area contributed by atoms with Gasteiger partial charge in [0.25, 0.3) is 0 Å². The highest BCUT2D eigenvalue weighted by atomic mass is 32.2. The average Bonchev–Trinajstić information content (AvgIpc) is 2.38. The zero-order chi connectivity index (χ0) is 12.1. The van der Waals surface area contributed by atoms with Crippen molar-refractivity contribution in [1.82, 2.24) is 4.98 Å². The maximum absolute atomic E-state index is 4.49. The van der Waals surface area contributed by atoms with Gasteiger partial charge in [-0.15, -0.1) is 11.8 Å². The first kappa shape index (κ1) is 12.0. The number of hydrogen-bond donors (Lipinski definition) is 1. The van der Waals surface area contributed by atoms with E-state index in [0.717, 1.165) is 17.3 Å². The van der Waals surface area contributed by atoms with Crippen molar-refractivity contribution in [2.75, 3.05) is 12.4 Å². The summed E-state index contributed by atoms with van der Waals surface area (Å²) in [4.78, 5) is 5.78. The Morgan fingerprint density at radius 3 is 2.59 bits per heavy atom. The van der Waals surface area contributed by atoms with Gasteiger partial charge in [0.05, 0.1) is 5.69 Å². The second-order valence-electron chi connectivity index (χ2n) is 3.87. The summed E-state index contributed by atoms with van der Waals surface area (Å²) in [7, 11) is 1.89. The van der Waals surface area contributed by atoms with Crippen molar-refractivity contribution in [3.63, 3.8) is 0 Å². The molecule has 0 fully saturated rings. The molecular weight excluding hydrogens is 228 g/mol. The highest BCUT2D eigenvalue weighted by molar-refractivity contribution is 7.98. The van der Waals surface area contributed by atoms with E-state index in [1.165, 1.54) is 10.5 Å². The van der Waals surface area contributed by atoms with Gasteiger partial charge in [-0.3, -0.25) is 0 Å². The molecule has 1 aromatic carbocycles. The Morgan fingerprint density at radius 2 is 1.88 bits per heavy atom. The number of hydrogen-bond acceptors (Lipinski definition) is 3. The summed E-state index contributed by atoms with van der Waals surface area (Å²) in [6.45, 7) is 2.10. The largest absolute Gasteiger partial charge is 0.373 e. The van der Waals surface area contributed by atoms with Gasteiger partial charge in [0.1, 0.15) is 5.82 Å². The molecule has 2 aromatic rings. The first-order valence-electron chi connectivity index (χ1n) is 5.61. The van der Waals surface area contributed by atoms with Crippen molar-refractivity contribution in [1.29, 1.82) is 0 Å². The summed E-state index contributed by atoms with van der Waals surface area (Å²) < 4.78 is 0. The van der Waals surface area contributed by atoms with Crippen LogP contribution in [0, 0.1) is 6.92 Å². The number of nitrogens with zero attached hydrogens (tertiary/aromatic N) is 1. The van der Waals surface area contributed by atoms with Crippen LogP contribution in [0.5, 0.6) is 0 Å². The van der Waals surface area contributed by atoms with E-state index in [1.54, 1.807) is 0 Å². The molecule has 0 radical (unpaired) electrons. The Balaban J connectivity index is 1.99. The van der Waals surface area contributed by atoms with Gasteiger partial charge in [0, 0.05) is 17.7 Å². The van der Waals surface area contributed by atoms with E-state index in [9.17, 15) is 0 Å². The number of anilines is 1. The van der Waals surface area contributed by atoms with E-state index in [2.05, 4.69) is 47.6 Å². The van der Waals surface area contributed by atoms with E-state index in [1.807, 2.05) is 30.9 Å². The third kappa shape index (κ3) is 3.49. The smallest absolute Gasteiger partial charge is 0.125 e. The average molecular weight is 244 g/mol. The molecule has 88 valence electrons. The minimum Gasteiger partial charge on any atom is -0.373 e. The van der Waals surface area contributed by atoms with Crippen LogP contribution in [-0.2, 0) is 5.75 Å². The Labute approximate surface area is 106 Å². The molecule has 0 aliphatic carbocycles. The molecule has 0 unspecified atom stereocenters. The van der Waals surface area contributed by atoms with E-state index < -0.39 is 0 Å². The molecule has 0 atom stereocenters. The minimum atomic E-state index is 0.901. The molecule has 0 aliphatic heterocycles. The van der Waals surface area contributed by atoms with Crippen LogP contribution in [0.25, 0.3) is 0 Å². The van der Waals surface area contributed by atoms with Gasteiger partial charge in [-0.1, -0.05) is 23.8 Å². The van der Waals surface area contributed by atoms with Crippen molar-refractivity contribution in [3.05, 3.63) is 53.7 Å². The maximum Gasteiger partial charge on any atom is 0.125 e. The van der Waals surface area contributed by atoms with Gasteiger partial charge < -0.3 is 5.32 Å². The number of thioether (sulfide) groups is 1. The molecule has 0 bridgehead atoms. The molecule has 0 amide bonds. The standard InChI is InChI=1S/C14H16N2S/c1-11-6-8-13(9-7-11)17-10-12-4-3-5-14(15-2)16-12/h3-9H,10H2,1-2H3,(H,15,16). The number of benzene rings is 1. The monoisotopic (exact) mass is 244 g/mol. The molecule has 0 saturated carbocycles. The Morgan fingerprint density at radius 1 is 1.12 bits per heavy atom. The fourth-order valence-corrected chi connectivity index (χ4v) is 2.29.